The molecule has 46 heavy (non-hydrogen) atoms. The van der Waals surface area contributed by atoms with E-state index in [2.05, 4.69) is 186 Å². The van der Waals surface area contributed by atoms with Gasteiger partial charge in [0.1, 0.15) is 11.6 Å². The minimum Gasteiger partial charge on any atom is -0.303 e. The van der Waals surface area contributed by atoms with E-state index >= 15 is 0 Å². The molecule has 232 valence electrons. The smallest absolute Gasteiger partial charge is 0.123 e. The molecule has 0 radical (unpaired) electrons. The third-order valence-corrected chi connectivity index (χ3v) is 10.5. The van der Waals surface area contributed by atoms with Gasteiger partial charge in [0.2, 0.25) is 0 Å². The van der Waals surface area contributed by atoms with Crippen LogP contribution < -0.4 is 0 Å². The normalized spacial score (nSPS) is 17.4. The lowest BCUT2D eigenvalue weighted by molar-refractivity contribution is 0.550. The third-order valence-electron chi connectivity index (χ3n) is 10.5. The maximum atomic E-state index is 5.52. The first-order valence-corrected chi connectivity index (χ1v) is 16.3. The lowest BCUT2D eigenvalue weighted by Crippen LogP contribution is -2.28. The van der Waals surface area contributed by atoms with Crippen molar-refractivity contribution in [2.75, 3.05) is 0 Å². The number of para-hydroxylation sites is 2. The van der Waals surface area contributed by atoms with E-state index in [1.807, 2.05) is 0 Å². The molecular weight excluding hydrogens is 560 g/mol. The molecule has 8 bridgehead atoms. The number of hydrogen-bond donors (Lipinski definition) is 0. The van der Waals surface area contributed by atoms with Crippen molar-refractivity contribution in [1.82, 2.24) is 19.1 Å². The zero-order chi connectivity index (χ0) is 32.5. The van der Waals surface area contributed by atoms with E-state index in [0.29, 0.717) is 0 Å². The summed E-state index contributed by atoms with van der Waals surface area (Å²) in [7, 11) is 0. The highest BCUT2D eigenvalue weighted by molar-refractivity contribution is 5.49. The average molecular weight is 605 g/mol. The Labute approximate surface area is 273 Å². The second kappa shape index (κ2) is 10.4. The summed E-state index contributed by atoms with van der Waals surface area (Å²) in [5, 5.41) is 0. The molecule has 1 aliphatic heterocycles. The highest BCUT2D eigenvalue weighted by Gasteiger charge is 2.39. The first kappa shape index (κ1) is 30.0. The van der Waals surface area contributed by atoms with Gasteiger partial charge in [0, 0.05) is 40.0 Å². The fraction of sp³-hybridized carbons (Fsp3) is 0.286. The highest BCUT2D eigenvalue weighted by atomic mass is 15.1. The minimum absolute atomic E-state index is 0.225. The molecule has 0 spiro atoms. The predicted molar refractivity (Wildman–Crippen MR) is 189 cm³/mol. The number of nitrogens with zero attached hydrogens (tertiary/aromatic N) is 4. The van der Waals surface area contributed by atoms with Crippen molar-refractivity contribution in [3.05, 3.63) is 167 Å². The summed E-state index contributed by atoms with van der Waals surface area (Å²) in [5.74, 6) is 2.02. The summed E-state index contributed by atoms with van der Waals surface area (Å²) in [5.41, 5.74) is 7.77. The van der Waals surface area contributed by atoms with Crippen LogP contribution in [0.2, 0.25) is 0 Å². The van der Waals surface area contributed by atoms with Crippen molar-refractivity contribution >= 4 is 0 Å². The Morgan fingerprint density at radius 3 is 1.11 bits per heavy atom. The number of rotatable bonds is 2. The highest BCUT2D eigenvalue weighted by Crippen LogP contribution is 2.42. The number of aromatic nitrogens is 4. The Morgan fingerprint density at radius 1 is 0.391 bits per heavy atom. The predicted octanol–water partition coefficient (Wildman–Crippen LogP) is 9.67. The molecule has 4 aromatic carbocycles. The molecule has 4 nitrogen and oxygen atoms in total. The maximum Gasteiger partial charge on any atom is 0.123 e. The molecule has 2 aromatic heterocycles. The van der Waals surface area contributed by atoms with Gasteiger partial charge in [-0.05, 0) is 88.1 Å². The number of benzene rings is 4. The van der Waals surface area contributed by atoms with Gasteiger partial charge in [-0.25, -0.2) is 9.97 Å². The van der Waals surface area contributed by atoms with Gasteiger partial charge in [0.15, 0.2) is 0 Å². The molecule has 1 aliphatic rings. The van der Waals surface area contributed by atoms with Crippen molar-refractivity contribution in [2.24, 2.45) is 0 Å². The quantitative estimate of drug-likeness (QED) is 0.197. The molecule has 0 saturated heterocycles. The van der Waals surface area contributed by atoms with Crippen LogP contribution in [-0.2, 0) is 21.7 Å². The van der Waals surface area contributed by atoms with Gasteiger partial charge in [-0.1, -0.05) is 98.8 Å². The van der Waals surface area contributed by atoms with Crippen LogP contribution in [0.4, 0.5) is 0 Å². The Balaban J connectivity index is 1.57. The van der Waals surface area contributed by atoms with E-state index in [1.54, 1.807) is 0 Å². The molecule has 6 aromatic rings. The van der Waals surface area contributed by atoms with E-state index in [9.17, 15) is 0 Å². The number of fused-ring (bicyclic) bond motifs is 8. The second-order valence-corrected chi connectivity index (χ2v) is 15.0. The summed E-state index contributed by atoms with van der Waals surface area (Å²) < 4.78 is 4.57. The summed E-state index contributed by atoms with van der Waals surface area (Å²) >= 11 is 0. The first-order chi connectivity index (χ1) is 21.8. The van der Waals surface area contributed by atoms with Crippen LogP contribution in [0.3, 0.4) is 0 Å². The van der Waals surface area contributed by atoms with Crippen LogP contribution in [0.15, 0.2) is 122 Å². The number of hydrogen-bond acceptors (Lipinski definition) is 2. The van der Waals surface area contributed by atoms with Crippen LogP contribution in [0.25, 0.3) is 11.4 Å². The fourth-order valence-corrected chi connectivity index (χ4v) is 6.96. The van der Waals surface area contributed by atoms with Crippen molar-refractivity contribution in [2.45, 2.75) is 77.0 Å². The van der Waals surface area contributed by atoms with Gasteiger partial charge < -0.3 is 9.13 Å². The van der Waals surface area contributed by atoms with Crippen molar-refractivity contribution in [1.29, 1.82) is 0 Å². The molecule has 0 atom stereocenters. The Bertz CT molecular complexity index is 1890. The second-order valence-electron chi connectivity index (χ2n) is 15.0. The topological polar surface area (TPSA) is 35.6 Å². The van der Waals surface area contributed by atoms with Crippen LogP contribution >= 0.6 is 0 Å². The zero-order valence-corrected chi connectivity index (χ0v) is 28.3. The minimum atomic E-state index is -0.474. The first-order valence-electron chi connectivity index (χ1n) is 16.3. The maximum absolute atomic E-state index is 5.52. The number of imidazole rings is 2. The van der Waals surface area contributed by atoms with Crippen LogP contribution in [0.1, 0.15) is 101 Å². The van der Waals surface area contributed by atoms with E-state index in [0.717, 1.165) is 34.4 Å². The van der Waals surface area contributed by atoms with Crippen LogP contribution in [0.5, 0.6) is 0 Å². The fourth-order valence-electron chi connectivity index (χ4n) is 6.96. The third kappa shape index (κ3) is 4.65. The monoisotopic (exact) mass is 604 g/mol. The molecule has 0 N–H and O–H groups in total. The van der Waals surface area contributed by atoms with Gasteiger partial charge in [0.25, 0.3) is 0 Å². The van der Waals surface area contributed by atoms with E-state index in [-0.39, 0.29) is 16.2 Å². The SMILES string of the molecule is CC1(C)c2cccc(c2)C(C)(C)c2nc(cn2-c2ccccc2)C(C)(C)c2cn(-c3ccccc3)c(n2)C(C)(C)c2cccc1c2. The summed E-state index contributed by atoms with van der Waals surface area (Å²) in [4.78, 5) is 11.0. The lowest BCUT2D eigenvalue weighted by atomic mass is 9.73. The molecule has 0 unspecified atom stereocenters. The summed E-state index contributed by atoms with van der Waals surface area (Å²) in [6.07, 6.45) is 4.46. The Kier molecular flexibility index (Phi) is 6.79. The molecule has 0 saturated carbocycles. The molecule has 0 amide bonds. The molecule has 7 rings (SSSR count). The van der Waals surface area contributed by atoms with E-state index < -0.39 is 5.41 Å². The molecule has 0 aliphatic carbocycles. The van der Waals surface area contributed by atoms with E-state index in [1.165, 1.54) is 22.3 Å². The van der Waals surface area contributed by atoms with Gasteiger partial charge in [-0.2, -0.15) is 0 Å². The van der Waals surface area contributed by atoms with Gasteiger partial charge >= 0.3 is 0 Å². The largest absolute Gasteiger partial charge is 0.303 e. The van der Waals surface area contributed by atoms with Crippen LogP contribution in [0, 0.1) is 0 Å². The Morgan fingerprint density at radius 2 is 0.739 bits per heavy atom. The molecular formula is C42H44N4. The van der Waals surface area contributed by atoms with Gasteiger partial charge in [0.05, 0.1) is 16.8 Å². The molecule has 0 fully saturated rings. The van der Waals surface area contributed by atoms with E-state index in [4.69, 9.17) is 9.97 Å². The molecule has 4 heteroatoms. The summed E-state index contributed by atoms with van der Waals surface area (Å²) in [6, 6.07) is 39.4. The Hall–Kier alpha value is -4.70. The van der Waals surface area contributed by atoms with Crippen molar-refractivity contribution < 1.29 is 0 Å². The van der Waals surface area contributed by atoms with Crippen LogP contribution in [-0.4, -0.2) is 19.1 Å². The van der Waals surface area contributed by atoms with Crippen molar-refractivity contribution in [3.8, 4) is 11.4 Å². The van der Waals surface area contributed by atoms with Gasteiger partial charge in [-0.3, -0.25) is 0 Å². The summed E-state index contributed by atoms with van der Waals surface area (Å²) in [6.45, 7) is 18.4. The zero-order valence-electron chi connectivity index (χ0n) is 28.3. The average Bonchev–Trinajstić information content (AvgIpc) is 3.73. The molecule has 3 heterocycles. The standard InChI is InChI=1S/C42H44N4/c1-39(2)29-17-15-19-31(25-29)40(3,4)37-43-35(27-45(37)33-21-11-9-12-22-33)42(7,8)36-28-46(34-23-13-10-14-24-34)38(44-36)41(5,6)32-20-16-18-30(39)26-32/h9-28H,1-8H3. The lowest BCUT2D eigenvalue weighted by Gasteiger charge is -2.32. The van der Waals surface area contributed by atoms with Crippen molar-refractivity contribution in [3.63, 3.8) is 0 Å². The van der Waals surface area contributed by atoms with Gasteiger partial charge in [-0.15, -0.1) is 0 Å².